The topological polar surface area (TPSA) is 55.8 Å². The van der Waals surface area contributed by atoms with Gasteiger partial charge in [-0.05, 0) is 38.0 Å². The highest BCUT2D eigenvalue weighted by atomic mass is 19.1. The molecule has 1 heterocycles. The van der Waals surface area contributed by atoms with Crippen LogP contribution in [0.3, 0.4) is 0 Å². The van der Waals surface area contributed by atoms with Crippen LogP contribution in [0.15, 0.2) is 18.2 Å². The molecular formula is C16H20FNO4. The van der Waals surface area contributed by atoms with Gasteiger partial charge in [0.2, 0.25) is 0 Å². The number of carbonyl (C=O) groups excluding carboxylic acids is 2. The van der Waals surface area contributed by atoms with Crippen molar-refractivity contribution >= 4 is 12.1 Å². The SMILES string of the molecule is COC(=O)c1cccc2c1CN(C(=O)OC(C)(C)C)CC2F. The predicted octanol–water partition coefficient (Wildman–Crippen LogP) is 3.23. The molecule has 0 aliphatic carbocycles. The number of fused-ring (bicyclic) bond motifs is 1. The number of esters is 1. The lowest BCUT2D eigenvalue weighted by Crippen LogP contribution is -2.41. The van der Waals surface area contributed by atoms with Gasteiger partial charge < -0.3 is 14.4 Å². The zero-order chi connectivity index (χ0) is 16.5. The zero-order valence-corrected chi connectivity index (χ0v) is 13.2. The second kappa shape index (κ2) is 5.94. The van der Waals surface area contributed by atoms with E-state index in [4.69, 9.17) is 9.47 Å². The molecule has 0 aromatic heterocycles. The molecule has 1 amide bonds. The van der Waals surface area contributed by atoms with Gasteiger partial charge in [0, 0.05) is 0 Å². The van der Waals surface area contributed by atoms with Crippen LogP contribution in [0.5, 0.6) is 0 Å². The van der Waals surface area contributed by atoms with Crippen LogP contribution in [-0.2, 0) is 16.0 Å². The highest BCUT2D eigenvalue weighted by molar-refractivity contribution is 5.91. The second-order valence-electron chi connectivity index (χ2n) is 6.19. The van der Waals surface area contributed by atoms with Crippen LogP contribution in [0.4, 0.5) is 9.18 Å². The van der Waals surface area contributed by atoms with E-state index in [1.165, 1.54) is 12.0 Å². The summed E-state index contributed by atoms with van der Waals surface area (Å²) in [7, 11) is 1.27. The van der Waals surface area contributed by atoms with Crippen molar-refractivity contribution in [3.63, 3.8) is 0 Å². The number of amides is 1. The first kappa shape index (κ1) is 16.3. The molecule has 0 radical (unpaired) electrons. The van der Waals surface area contributed by atoms with Crippen LogP contribution in [0.25, 0.3) is 0 Å². The van der Waals surface area contributed by atoms with E-state index in [-0.39, 0.29) is 18.7 Å². The Morgan fingerprint density at radius 2 is 2.00 bits per heavy atom. The highest BCUT2D eigenvalue weighted by Crippen LogP contribution is 2.32. The molecule has 0 fully saturated rings. The maximum absolute atomic E-state index is 14.4. The van der Waals surface area contributed by atoms with Crippen LogP contribution in [0.2, 0.25) is 0 Å². The highest BCUT2D eigenvalue weighted by Gasteiger charge is 2.33. The standard InChI is InChI=1S/C16H20FNO4/c1-16(2,3)22-15(20)18-8-12-10(13(17)9-18)6-5-7-11(12)14(19)21-4/h5-7,13H,8-9H2,1-4H3. The summed E-state index contributed by atoms with van der Waals surface area (Å²) < 4.78 is 24.4. The lowest BCUT2D eigenvalue weighted by molar-refractivity contribution is 0.0156. The molecule has 0 saturated carbocycles. The third-order valence-electron chi connectivity index (χ3n) is 3.34. The number of carbonyl (C=O) groups is 2. The molecule has 1 aliphatic rings. The van der Waals surface area contributed by atoms with Gasteiger partial charge in [-0.2, -0.15) is 0 Å². The monoisotopic (exact) mass is 309 g/mol. The van der Waals surface area contributed by atoms with Crippen molar-refractivity contribution in [3.05, 3.63) is 34.9 Å². The Balaban J connectivity index is 2.32. The smallest absolute Gasteiger partial charge is 0.410 e. The number of ether oxygens (including phenoxy) is 2. The van der Waals surface area contributed by atoms with Crippen molar-refractivity contribution < 1.29 is 23.5 Å². The minimum absolute atomic E-state index is 0.0907. The summed E-state index contributed by atoms with van der Waals surface area (Å²) in [5.74, 6) is -0.546. The van der Waals surface area contributed by atoms with E-state index >= 15 is 0 Å². The molecule has 0 N–H and O–H groups in total. The number of methoxy groups -OCH3 is 1. The van der Waals surface area contributed by atoms with Gasteiger partial charge in [-0.1, -0.05) is 12.1 Å². The minimum Gasteiger partial charge on any atom is -0.465 e. The van der Waals surface area contributed by atoms with E-state index in [1.807, 2.05) is 0 Å². The van der Waals surface area contributed by atoms with E-state index in [0.717, 1.165) is 0 Å². The van der Waals surface area contributed by atoms with Gasteiger partial charge in [-0.15, -0.1) is 0 Å². The van der Waals surface area contributed by atoms with Gasteiger partial charge in [-0.3, -0.25) is 0 Å². The molecule has 5 nitrogen and oxygen atoms in total. The van der Waals surface area contributed by atoms with Crippen molar-refractivity contribution in [3.8, 4) is 0 Å². The van der Waals surface area contributed by atoms with E-state index in [9.17, 15) is 14.0 Å². The van der Waals surface area contributed by atoms with Gasteiger partial charge in [0.25, 0.3) is 0 Å². The molecule has 22 heavy (non-hydrogen) atoms. The fourth-order valence-electron chi connectivity index (χ4n) is 2.39. The van der Waals surface area contributed by atoms with Crippen molar-refractivity contribution in [2.24, 2.45) is 0 Å². The average molecular weight is 309 g/mol. The fraction of sp³-hybridized carbons (Fsp3) is 0.500. The summed E-state index contributed by atoms with van der Waals surface area (Å²) >= 11 is 0. The zero-order valence-electron chi connectivity index (χ0n) is 13.2. The minimum atomic E-state index is -1.36. The average Bonchev–Trinajstić information content (AvgIpc) is 2.44. The number of hydrogen-bond acceptors (Lipinski definition) is 4. The first-order chi connectivity index (χ1) is 10.2. The Labute approximate surface area is 129 Å². The molecule has 0 bridgehead atoms. The Morgan fingerprint density at radius 3 is 2.59 bits per heavy atom. The molecule has 120 valence electrons. The lowest BCUT2D eigenvalue weighted by Gasteiger charge is -2.33. The third-order valence-corrected chi connectivity index (χ3v) is 3.34. The van der Waals surface area contributed by atoms with Crippen molar-refractivity contribution in [1.82, 2.24) is 4.90 Å². The first-order valence-corrected chi connectivity index (χ1v) is 7.05. The molecular weight excluding hydrogens is 289 g/mol. The molecule has 1 aromatic carbocycles. The van der Waals surface area contributed by atoms with Gasteiger partial charge in [0.05, 0.1) is 25.8 Å². The molecule has 1 atom stereocenters. The molecule has 0 saturated heterocycles. The first-order valence-electron chi connectivity index (χ1n) is 7.05. The van der Waals surface area contributed by atoms with Crippen molar-refractivity contribution in [2.45, 2.75) is 39.1 Å². The molecule has 1 aliphatic heterocycles. The fourth-order valence-corrected chi connectivity index (χ4v) is 2.39. The summed E-state index contributed by atoms with van der Waals surface area (Å²) in [4.78, 5) is 25.2. The van der Waals surface area contributed by atoms with Gasteiger partial charge in [-0.25, -0.2) is 14.0 Å². The molecule has 1 aromatic rings. The third kappa shape index (κ3) is 3.37. The Kier molecular flexibility index (Phi) is 4.39. The Hall–Kier alpha value is -2.11. The number of nitrogens with zero attached hydrogens (tertiary/aromatic N) is 1. The summed E-state index contributed by atoms with van der Waals surface area (Å²) in [6, 6.07) is 4.80. The number of alkyl halides is 1. The van der Waals surface area contributed by atoms with Crippen molar-refractivity contribution in [2.75, 3.05) is 13.7 Å². The quantitative estimate of drug-likeness (QED) is 0.747. The molecule has 2 rings (SSSR count). The van der Waals surface area contributed by atoms with Gasteiger partial charge in [0.1, 0.15) is 11.8 Å². The van der Waals surface area contributed by atoms with Crippen LogP contribution >= 0.6 is 0 Å². The number of rotatable bonds is 1. The largest absolute Gasteiger partial charge is 0.465 e. The van der Waals surface area contributed by atoms with E-state index in [0.29, 0.717) is 11.1 Å². The Bertz CT molecular complexity index is 594. The van der Waals surface area contributed by atoms with E-state index in [2.05, 4.69) is 0 Å². The van der Waals surface area contributed by atoms with E-state index < -0.39 is 23.8 Å². The summed E-state index contributed by atoms with van der Waals surface area (Å²) in [6.07, 6.45) is -1.96. The maximum atomic E-state index is 14.4. The van der Waals surface area contributed by atoms with E-state index in [1.54, 1.807) is 39.0 Å². The maximum Gasteiger partial charge on any atom is 0.410 e. The van der Waals surface area contributed by atoms with Crippen LogP contribution in [0, 0.1) is 0 Å². The summed E-state index contributed by atoms with van der Waals surface area (Å²) in [5, 5.41) is 0. The lowest BCUT2D eigenvalue weighted by atomic mass is 9.94. The second-order valence-corrected chi connectivity index (χ2v) is 6.19. The predicted molar refractivity (Wildman–Crippen MR) is 78.3 cm³/mol. The van der Waals surface area contributed by atoms with Crippen molar-refractivity contribution in [1.29, 1.82) is 0 Å². The summed E-state index contributed by atoms with van der Waals surface area (Å²) in [5.41, 5.74) is 0.503. The van der Waals surface area contributed by atoms with Crippen LogP contribution in [-0.4, -0.2) is 36.2 Å². The van der Waals surface area contributed by atoms with Gasteiger partial charge in [0.15, 0.2) is 0 Å². The number of hydrogen-bond donors (Lipinski definition) is 0. The molecule has 0 spiro atoms. The Morgan fingerprint density at radius 1 is 1.32 bits per heavy atom. The normalized spacial score (nSPS) is 17.7. The number of halogens is 1. The summed E-state index contributed by atoms with van der Waals surface area (Å²) in [6.45, 7) is 5.27. The van der Waals surface area contributed by atoms with Crippen LogP contribution < -0.4 is 0 Å². The number of benzene rings is 1. The molecule has 6 heteroatoms. The van der Waals surface area contributed by atoms with Crippen LogP contribution in [0.1, 0.15) is 48.4 Å². The van der Waals surface area contributed by atoms with Gasteiger partial charge >= 0.3 is 12.1 Å². The molecule has 1 unspecified atom stereocenters.